The standard InChI is InChI=1S/C49H32/c1-3-15-42(16-4-1)49(43-17-5-2-6-18-43)47-32-40(38-22-20-34-12-8-10-14-36(34)30-38)24-27-45(47)46-28-25-41-31-39(23-26-44(41)48(46)49)37-21-19-33-11-7-9-13-35(33)29-37/h1-32H. The molecular weight excluding hydrogens is 589 g/mol. The van der Waals surface area contributed by atoms with Crippen molar-refractivity contribution in [2.75, 3.05) is 0 Å². The molecule has 0 unspecified atom stereocenters. The minimum Gasteiger partial charge on any atom is -0.0622 e. The van der Waals surface area contributed by atoms with E-state index in [1.54, 1.807) is 0 Å². The molecule has 0 amide bonds. The van der Waals surface area contributed by atoms with E-state index in [0.29, 0.717) is 0 Å². The van der Waals surface area contributed by atoms with Crippen molar-refractivity contribution in [1.82, 2.24) is 0 Å². The van der Waals surface area contributed by atoms with Gasteiger partial charge in [0.15, 0.2) is 0 Å². The second-order valence-corrected chi connectivity index (χ2v) is 13.3. The highest BCUT2D eigenvalue weighted by atomic mass is 14.5. The fourth-order valence-electron chi connectivity index (χ4n) is 8.42. The molecule has 0 heterocycles. The zero-order chi connectivity index (χ0) is 32.4. The van der Waals surface area contributed by atoms with Crippen LogP contribution >= 0.6 is 0 Å². The van der Waals surface area contributed by atoms with Gasteiger partial charge in [-0.1, -0.05) is 170 Å². The lowest BCUT2D eigenvalue weighted by Crippen LogP contribution is -2.28. The number of rotatable bonds is 4. The molecule has 49 heavy (non-hydrogen) atoms. The van der Waals surface area contributed by atoms with E-state index in [1.165, 1.54) is 88.0 Å². The molecule has 0 radical (unpaired) electrons. The fraction of sp³-hybridized carbons (Fsp3) is 0.0204. The smallest absolute Gasteiger partial charge is 0.0622 e. The first-order valence-corrected chi connectivity index (χ1v) is 17.1. The fourth-order valence-corrected chi connectivity index (χ4v) is 8.42. The predicted molar refractivity (Wildman–Crippen MR) is 207 cm³/mol. The number of fused-ring (bicyclic) bond motifs is 7. The van der Waals surface area contributed by atoms with Crippen molar-refractivity contribution in [1.29, 1.82) is 0 Å². The Balaban J connectivity index is 1.25. The van der Waals surface area contributed by atoms with E-state index in [-0.39, 0.29) is 0 Å². The van der Waals surface area contributed by atoms with E-state index in [1.807, 2.05) is 0 Å². The number of hydrogen-bond donors (Lipinski definition) is 0. The van der Waals surface area contributed by atoms with Gasteiger partial charge >= 0.3 is 0 Å². The van der Waals surface area contributed by atoms with Crippen molar-refractivity contribution in [3.63, 3.8) is 0 Å². The van der Waals surface area contributed by atoms with Gasteiger partial charge in [0.1, 0.15) is 0 Å². The van der Waals surface area contributed by atoms with Crippen LogP contribution in [0.15, 0.2) is 194 Å². The van der Waals surface area contributed by atoms with Crippen molar-refractivity contribution < 1.29 is 0 Å². The van der Waals surface area contributed by atoms with Gasteiger partial charge in [-0.05, 0) is 112 Å². The quantitative estimate of drug-likeness (QED) is 0.184. The highest BCUT2D eigenvalue weighted by molar-refractivity contribution is 6.02. The SMILES string of the molecule is c1ccc(C2(c3ccccc3)c3cc(-c4ccc5ccccc5c4)ccc3-c3ccc4cc(-c5ccc6ccccc6c5)ccc4c32)cc1. The Kier molecular flexibility index (Phi) is 6.19. The summed E-state index contributed by atoms with van der Waals surface area (Å²) >= 11 is 0. The molecule has 0 saturated carbocycles. The van der Waals surface area contributed by atoms with Gasteiger partial charge < -0.3 is 0 Å². The first-order chi connectivity index (χ1) is 24.3. The maximum absolute atomic E-state index is 2.47. The molecule has 0 aromatic heterocycles. The maximum Gasteiger partial charge on any atom is 0.0719 e. The molecule has 0 saturated heterocycles. The molecule has 0 spiro atoms. The first-order valence-electron chi connectivity index (χ1n) is 17.1. The minimum absolute atomic E-state index is 0.496. The van der Waals surface area contributed by atoms with Gasteiger partial charge in [0.05, 0.1) is 5.41 Å². The van der Waals surface area contributed by atoms with Crippen LogP contribution in [0.5, 0.6) is 0 Å². The van der Waals surface area contributed by atoms with Crippen LogP contribution in [0.3, 0.4) is 0 Å². The molecular formula is C49H32. The summed E-state index contributed by atoms with van der Waals surface area (Å²) in [5, 5.41) is 7.59. The molecule has 0 aliphatic heterocycles. The zero-order valence-electron chi connectivity index (χ0n) is 27.0. The predicted octanol–water partition coefficient (Wildman–Crippen LogP) is 12.8. The highest BCUT2D eigenvalue weighted by Crippen LogP contribution is 2.58. The highest BCUT2D eigenvalue weighted by Gasteiger charge is 2.47. The summed E-state index contributed by atoms with van der Waals surface area (Å²) in [6.45, 7) is 0. The second kappa shape index (κ2) is 10.9. The first kappa shape index (κ1) is 27.8. The van der Waals surface area contributed by atoms with E-state index in [4.69, 9.17) is 0 Å². The minimum atomic E-state index is -0.496. The molecule has 9 aromatic rings. The van der Waals surface area contributed by atoms with Crippen molar-refractivity contribution >= 4 is 32.3 Å². The monoisotopic (exact) mass is 620 g/mol. The third kappa shape index (κ3) is 4.24. The average molecular weight is 621 g/mol. The Morgan fingerprint density at radius 3 is 1.31 bits per heavy atom. The third-order valence-electron chi connectivity index (χ3n) is 10.7. The van der Waals surface area contributed by atoms with Gasteiger partial charge in [-0.15, -0.1) is 0 Å². The van der Waals surface area contributed by atoms with Gasteiger partial charge in [-0.25, -0.2) is 0 Å². The molecule has 0 N–H and O–H groups in total. The Bertz CT molecular complexity index is 2660. The Morgan fingerprint density at radius 1 is 0.286 bits per heavy atom. The molecule has 10 rings (SSSR count). The van der Waals surface area contributed by atoms with Crippen LogP contribution in [0.4, 0.5) is 0 Å². The van der Waals surface area contributed by atoms with Crippen LogP contribution in [0.1, 0.15) is 22.3 Å². The lowest BCUT2D eigenvalue weighted by molar-refractivity contribution is 0.776. The molecule has 228 valence electrons. The van der Waals surface area contributed by atoms with Crippen LogP contribution in [0, 0.1) is 0 Å². The molecule has 1 aliphatic rings. The lowest BCUT2D eigenvalue weighted by atomic mass is 9.66. The van der Waals surface area contributed by atoms with E-state index in [0.717, 1.165) is 0 Å². The summed E-state index contributed by atoms with van der Waals surface area (Å²) in [5.74, 6) is 0. The summed E-state index contributed by atoms with van der Waals surface area (Å²) < 4.78 is 0. The van der Waals surface area contributed by atoms with Crippen LogP contribution in [0.2, 0.25) is 0 Å². The third-order valence-corrected chi connectivity index (χ3v) is 10.7. The zero-order valence-corrected chi connectivity index (χ0v) is 27.0. The number of benzene rings is 9. The summed E-state index contributed by atoms with van der Waals surface area (Å²) in [6.07, 6.45) is 0. The van der Waals surface area contributed by atoms with Crippen LogP contribution in [0.25, 0.3) is 65.7 Å². The maximum atomic E-state index is 2.47. The number of hydrogen-bond acceptors (Lipinski definition) is 0. The molecule has 0 fully saturated rings. The van der Waals surface area contributed by atoms with E-state index in [2.05, 4.69) is 194 Å². The normalized spacial score (nSPS) is 13.1. The van der Waals surface area contributed by atoms with E-state index >= 15 is 0 Å². The van der Waals surface area contributed by atoms with Crippen LogP contribution in [-0.4, -0.2) is 0 Å². The van der Waals surface area contributed by atoms with E-state index < -0.39 is 5.41 Å². The van der Waals surface area contributed by atoms with Gasteiger partial charge in [-0.2, -0.15) is 0 Å². The van der Waals surface area contributed by atoms with Crippen molar-refractivity contribution in [2.45, 2.75) is 5.41 Å². The topological polar surface area (TPSA) is 0 Å². The van der Waals surface area contributed by atoms with Crippen molar-refractivity contribution in [3.05, 3.63) is 216 Å². The van der Waals surface area contributed by atoms with Crippen LogP contribution < -0.4 is 0 Å². The molecule has 0 nitrogen and oxygen atoms in total. The summed E-state index contributed by atoms with van der Waals surface area (Å²) in [6, 6.07) is 72.0. The van der Waals surface area contributed by atoms with Gasteiger partial charge in [0.25, 0.3) is 0 Å². The molecule has 0 atom stereocenters. The molecule has 0 heteroatoms. The van der Waals surface area contributed by atoms with Crippen molar-refractivity contribution in [3.8, 4) is 33.4 Å². The molecule has 0 bridgehead atoms. The summed E-state index contributed by atoms with van der Waals surface area (Å²) in [4.78, 5) is 0. The van der Waals surface area contributed by atoms with E-state index in [9.17, 15) is 0 Å². The molecule has 9 aromatic carbocycles. The Labute approximate surface area is 286 Å². The van der Waals surface area contributed by atoms with Gasteiger partial charge in [0, 0.05) is 0 Å². The summed E-state index contributed by atoms with van der Waals surface area (Å²) in [7, 11) is 0. The van der Waals surface area contributed by atoms with Gasteiger partial charge in [0.2, 0.25) is 0 Å². The van der Waals surface area contributed by atoms with Crippen LogP contribution in [-0.2, 0) is 5.41 Å². The lowest BCUT2D eigenvalue weighted by Gasteiger charge is -2.35. The van der Waals surface area contributed by atoms with Gasteiger partial charge in [-0.3, -0.25) is 0 Å². The van der Waals surface area contributed by atoms with Crippen molar-refractivity contribution in [2.24, 2.45) is 0 Å². The second-order valence-electron chi connectivity index (χ2n) is 13.3. The summed E-state index contributed by atoms with van der Waals surface area (Å²) in [5.41, 5.74) is 12.3. The Hall–Kier alpha value is -6.24. The molecule has 1 aliphatic carbocycles. The largest absolute Gasteiger partial charge is 0.0719 e. The Morgan fingerprint density at radius 2 is 0.714 bits per heavy atom. The average Bonchev–Trinajstić information content (AvgIpc) is 3.49.